The molecule has 1 aliphatic carbocycles. The quantitative estimate of drug-likeness (QED) is 0.621. The number of nitriles is 1. The number of Topliss-reactive ketones (excluding diaryl/α,β-unsaturated/α-hetero) is 1. The van der Waals surface area contributed by atoms with E-state index in [0.717, 1.165) is 11.1 Å². The zero-order valence-corrected chi connectivity index (χ0v) is 16.7. The van der Waals surface area contributed by atoms with Gasteiger partial charge in [0.05, 0.1) is 17.3 Å². The SMILES string of the molecule is CC1(N=Nc2ccc(C#N)cc2)C=C(C(C)(C)C)C(=O)C(C(C)(C)C)=C1. The first-order valence-corrected chi connectivity index (χ1v) is 8.80. The first-order chi connectivity index (χ1) is 11.9. The molecule has 0 spiro atoms. The summed E-state index contributed by atoms with van der Waals surface area (Å²) in [7, 11) is 0. The van der Waals surface area contributed by atoms with E-state index < -0.39 is 5.54 Å². The molecule has 1 aromatic carbocycles. The lowest BCUT2D eigenvalue weighted by atomic mass is 9.69. The van der Waals surface area contributed by atoms with E-state index in [2.05, 4.69) is 16.3 Å². The highest BCUT2D eigenvalue weighted by atomic mass is 16.1. The maximum atomic E-state index is 13.0. The molecule has 26 heavy (non-hydrogen) atoms. The summed E-state index contributed by atoms with van der Waals surface area (Å²) in [4.78, 5) is 13.0. The van der Waals surface area contributed by atoms with Gasteiger partial charge in [-0.3, -0.25) is 4.79 Å². The molecule has 1 aromatic rings. The van der Waals surface area contributed by atoms with Gasteiger partial charge in [0.25, 0.3) is 0 Å². The third kappa shape index (κ3) is 4.35. The molecule has 0 aromatic heterocycles. The molecule has 0 atom stereocenters. The summed E-state index contributed by atoms with van der Waals surface area (Å²) in [5, 5.41) is 17.8. The van der Waals surface area contributed by atoms with E-state index in [9.17, 15) is 4.79 Å². The van der Waals surface area contributed by atoms with Crippen LogP contribution in [-0.4, -0.2) is 11.3 Å². The van der Waals surface area contributed by atoms with Crippen molar-refractivity contribution in [2.24, 2.45) is 21.1 Å². The van der Waals surface area contributed by atoms with Crippen molar-refractivity contribution >= 4 is 11.5 Å². The predicted octanol–water partition coefficient (Wildman–Crippen LogP) is 5.93. The molecule has 0 saturated heterocycles. The Morgan fingerprint density at radius 3 is 1.77 bits per heavy atom. The Bertz CT molecular complexity index is 801. The van der Waals surface area contributed by atoms with E-state index in [-0.39, 0.29) is 16.6 Å². The predicted molar refractivity (Wildman–Crippen MR) is 104 cm³/mol. The molecule has 0 N–H and O–H groups in total. The second-order valence-corrected chi connectivity index (χ2v) is 9.03. The lowest BCUT2D eigenvalue weighted by Crippen LogP contribution is -2.34. The van der Waals surface area contributed by atoms with Gasteiger partial charge in [-0.25, -0.2) is 0 Å². The van der Waals surface area contributed by atoms with Gasteiger partial charge in [0.1, 0.15) is 5.54 Å². The van der Waals surface area contributed by atoms with Crippen LogP contribution in [0.1, 0.15) is 54.0 Å². The van der Waals surface area contributed by atoms with Crippen molar-refractivity contribution in [3.8, 4) is 6.07 Å². The molecule has 4 nitrogen and oxygen atoms in total. The van der Waals surface area contributed by atoms with E-state index >= 15 is 0 Å². The first kappa shape index (κ1) is 19.8. The van der Waals surface area contributed by atoms with Gasteiger partial charge in [0.15, 0.2) is 5.78 Å². The van der Waals surface area contributed by atoms with E-state index in [1.807, 2.05) is 60.6 Å². The van der Waals surface area contributed by atoms with Crippen molar-refractivity contribution in [1.29, 1.82) is 5.26 Å². The molecule has 2 rings (SSSR count). The molecule has 0 unspecified atom stereocenters. The second kappa shape index (κ2) is 6.64. The standard InChI is InChI=1S/C22H27N3O/c1-20(2,3)17-12-22(7,13-18(19(17)26)21(4,5)6)25-24-16-10-8-15(14-23)9-11-16/h8-13H,1-7H3. The lowest BCUT2D eigenvalue weighted by Gasteiger charge is -2.35. The molecule has 0 aliphatic heterocycles. The number of hydrogen-bond acceptors (Lipinski definition) is 4. The summed E-state index contributed by atoms with van der Waals surface area (Å²) in [5.74, 6) is 0.0936. The van der Waals surface area contributed by atoms with Gasteiger partial charge < -0.3 is 0 Å². The fourth-order valence-corrected chi connectivity index (χ4v) is 2.84. The van der Waals surface area contributed by atoms with Gasteiger partial charge >= 0.3 is 0 Å². The second-order valence-electron chi connectivity index (χ2n) is 9.03. The molecular formula is C22H27N3O. The molecule has 0 heterocycles. The third-order valence-corrected chi connectivity index (χ3v) is 4.36. The maximum absolute atomic E-state index is 13.0. The summed E-state index contributed by atoms with van der Waals surface area (Å²) >= 11 is 0. The fraction of sp³-hybridized carbons (Fsp3) is 0.455. The average Bonchev–Trinajstić information content (AvgIpc) is 2.54. The molecule has 0 amide bonds. The highest BCUT2D eigenvalue weighted by Gasteiger charge is 2.39. The van der Waals surface area contributed by atoms with Crippen molar-refractivity contribution < 1.29 is 4.79 Å². The van der Waals surface area contributed by atoms with Crippen LogP contribution in [0.25, 0.3) is 0 Å². The van der Waals surface area contributed by atoms with E-state index in [1.165, 1.54) is 0 Å². The maximum Gasteiger partial charge on any atom is 0.185 e. The van der Waals surface area contributed by atoms with Crippen LogP contribution in [0.5, 0.6) is 0 Å². The summed E-state index contributed by atoms with van der Waals surface area (Å²) < 4.78 is 0. The van der Waals surface area contributed by atoms with Crippen LogP contribution < -0.4 is 0 Å². The van der Waals surface area contributed by atoms with Crippen LogP contribution in [0.15, 0.2) is 57.8 Å². The Morgan fingerprint density at radius 2 is 1.38 bits per heavy atom. The summed E-state index contributed by atoms with van der Waals surface area (Å²) in [6, 6.07) is 9.05. The normalized spacial score (nSPS) is 17.7. The summed E-state index contributed by atoms with van der Waals surface area (Å²) in [5.41, 5.74) is 1.58. The Labute approximate surface area is 156 Å². The number of carbonyl (C=O) groups excluding carboxylic acids is 1. The van der Waals surface area contributed by atoms with Gasteiger partial charge in [-0.15, -0.1) is 0 Å². The van der Waals surface area contributed by atoms with Crippen LogP contribution in [-0.2, 0) is 4.79 Å². The smallest absolute Gasteiger partial charge is 0.185 e. The summed E-state index contributed by atoms with van der Waals surface area (Å²) in [6.45, 7) is 14.2. The van der Waals surface area contributed by atoms with Gasteiger partial charge in [-0.05, 0) is 54.2 Å². The molecule has 0 fully saturated rings. The topological polar surface area (TPSA) is 65.6 Å². The van der Waals surface area contributed by atoms with E-state index in [4.69, 9.17) is 5.26 Å². The van der Waals surface area contributed by atoms with Gasteiger partial charge in [0.2, 0.25) is 0 Å². The van der Waals surface area contributed by atoms with Crippen molar-refractivity contribution in [3.05, 3.63) is 53.1 Å². The van der Waals surface area contributed by atoms with E-state index in [1.54, 1.807) is 24.3 Å². The largest absolute Gasteiger partial charge is 0.289 e. The van der Waals surface area contributed by atoms with Gasteiger partial charge in [0, 0.05) is 11.1 Å². The number of rotatable bonds is 2. The Hall–Kier alpha value is -2.54. The molecular weight excluding hydrogens is 322 g/mol. The highest BCUT2D eigenvalue weighted by Crippen LogP contribution is 2.41. The monoisotopic (exact) mass is 349 g/mol. The number of nitrogens with zero attached hydrogens (tertiary/aromatic N) is 3. The number of hydrogen-bond donors (Lipinski definition) is 0. The van der Waals surface area contributed by atoms with Crippen LogP contribution in [0.4, 0.5) is 5.69 Å². The number of azo groups is 1. The third-order valence-electron chi connectivity index (χ3n) is 4.36. The molecule has 0 bridgehead atoms. The Balaban J connectivity index is 2.49. The average molecular weight is 349 g/mol. The van der Waals surface area contributed by atoms with Crippen molar-refractivity contribution in [3.63, 3.8) is 0 Å². The highest BCUT2D eigenvalue weighted by molar-refractivity contribution is 6.11. The Morgan fingerprint density at radius 1 is 0.923 bits per heavy atom. The molecule has 1 aliphatic rings. The number of carbonyl (C=O) groups is 1. The van der Waals surface area contributed by atoms with Gasteiger partial charge in [-0.1, -0.05) is 41.5 Å². The number of ketones is 1. The fourth-order valence-electron chi connectivity index (χ4n) is 2.84. The first-order valence-electron chi connectivity index (χ1n) is 8.80. The molecule has 136 valence electrons. The number of benzene rings is 1. The minimum Gasteiger partial charge on any atom is -0.289 e. The van der Waals surface area contributed by atoms with Crippen LogP contribution in [0.2, 0.25) is 0 Å². The van der Waals surface area contributed by atoms with Crippen molar-refractivity contribution in [2.75, 3.05) is 0 Å². The van der Waals surface area contributed by atoms with Crippen molar-refractivity contribution in [2.45, 2.75) is 54.0 Å². The van der Waals surface area contributed by atoms with Gasteiger partial charge in [-0.2, -0.15) is 15.5 Å². The van der Waals surface area contributed by atoms with Crippen LogP contribution in [0, 0.1) is 22.2 Å². The van der Waals surface area contributed by atoms with Crippen LogP contribution in [0.3, 0.4) is 0 Å². The Kier molecular flexibility index (Phi) is 5.05. The lowest BCUT2D eigenvalue weighted by molar-refractivity contribution is -0.114. The molecule has 0 saturated carbocycles. The molecule has 4 heteroatoms. The van der Waals surface area contributed by atoms with Crippen LogP contribution >= 0.6 is 0 Å². The zero-order valence-electron chi connectivity index (χ0n) is 16.7. The molecule has 0 radical (unpaired) electrons. The minimum atomic E-state index is -0.687. The minimum absolute atomic E-state index is 0.0936. The zero-order chi connectivity index (χ0) is 19.8. The number of allylic oxidation sites excluding steroid dienone is 2. The van der Waals surface area contributed by atoms with E-state index in [0.29, 0.717) is 11.3 Å². The summed E-state index contributed by atoms with van der Waals surface area (Å²) in [6.07, 6.45) is 3.86. The van der Waals surface area contributed by atoms with Crippen molar-refractivity contribution in [1.82, 2.24) is 0 Å².